The highest BCUT2D eigenvalue weighted by Crippen LogP contribution is 2.44. The summed E-state index contributed by atoms with van der Waals surface area (Å²) in [6.07, 6.45) is 10.1. The molecule has 0 aliphatic heterocycles. The van der Waals surface area contributed by atoms with Gasteiger partial charge in [0.2, 0.25) is 0 Å². The Morgan fingerprint density at radius 1 is 1.41 bits per heavy atom. The largest absolute Gasteiger partial charge is 0.364 e. The zero-order valence-corrected chi connectivity index (χ0v) is 15.8. The van der Waals surface area contributed by atoms with Crippen molar-refractivity contribution in [2.45, 2.75) is 51.1 Å². The van der Waals surface area contributed by atoms with Gasteiger partial charge in [0, 0.05) is 26.2 Å². The molecule has 124 valence electrons. The number of hydrogen-bond donors (Lipinski definition) is 1. The molecule has 22 heavy (non-hydrogen) atoms. The highest BCUT2D eigenvalue weighted by atomic mass is 127. The molecule has 3 rings (SSSR count). The van der Waals surface area contributed by atoms with Gasteiger partial charge in [-0.05, 0) is 18.3 Å². The molecule has 2 aliphatic carbocycles. The van der Waals surface area contributed by atoms with Crippen molar-refractivity contribution in [1.82, 2.24) is 15.4 Å². The fourth-order valence-electron chi connectivity index (χ4n) is 3.61. The van der Waals surface area contributed by atoms with Crippen LogP contribution in [0.2, 0.25) is 0 Å². The molecule has 2 saturated carbocycles. The lowest BCUT2D eigenvalue weighted by Crippen LogP contribution is -2.40. The first-order chi connectivity index (χ1) is 10.3. The second-order valence-corrected chi connectivity index (χ2v) is 6.44. The lowest BCUT2D eigenvalue weighted by atomic mass is 9.85. The molecule has 5 nitrogen and oxygen atoms in total. The van der Waals surface area contributed by atoms with E-state index < -0.39 is 0 Å². The van der Waals surface area contributed by atoms with Crippen LogP contribution < -0.4 is 5.32 Å². The summed E-state index contributed by atoms with van der Waals surface area (Å²) in [5.41, 5.74) is 0.931. The van der Waals surface area contributed by atoms with E-state index in [2.05, 4.69) is 20.4 Å². The predicted molar refractivity (Wildman–Crippen MR) is 98.3 cm³/mol. The van der Waals surface area contributed by atoms with Crippen molar-refractivity contribution in [3.8, 4) is 0 Å². The molecule has 2 aliphatic rings. The maximum Gasteiger partial charge on any atom is 0.193 e. The number of hydrogen-bond acceptors (Lipinski definition) is 3. The van der Waals surface area contributed by atoms with Crippen LogP contribution in [-0.2, 0) is 6.54 Å². The molecule has 0 bridgehead atoms. The highest BCUT2D eigenvalue weighted by Gasteiger charge is 2.43. The van der Waals surface area contributed by atoms with Crippen LogP contribution in [0.3, 0.4) is 0 Å². The summed E-state index contributed by atoms with van der Waals surface area (Å²) >= 11 is 0. The van der Waals surface area contributed by atoms with Gasteiger partial charge in [-0.1, -0.05) is 37.3 Å². The smallest absolute Gasteiger partial charge is 0.193 e. The zero-order chi connectivity index (χ0) is 14.7. The molecule has 2 fully saturated rings. The SMILES string of the molecule is CN=C(NC1CC1C1CCCCC1)N(C)Cc1ccon1.I. The van der Waals surface area contributed by atoms with Crippen LogP contribution in [-0.4, -0.2) is 36.2 Å². The maximum atomic E-state index is 4.88. The molecule has 6 heteroatoms. The first-order valence-corrected chi connectivity index (χ1v) is 8.11. The third-order valence-corrected chi connectivity index (χ3v) is 4.87. The van der Waals surface area contributed by atoms with Crippen molar-refractivity contribution in [3.05, 3.63) is 18.0 Å². The van der Waals surface area contributed by atoms with Crippen LogP contribution in [0, 0.1) is 11.8 Å². The topological polar surface area (TPSA) is 53.7 Å². The molecule has 1 heterocycles. The van der Waals surface area contributed by atoms with E-state index in [4.69, 9.17) is 4.52 Å². The summed E-state index contributed by atoms with van der Waals surface area (Å²) in [5.74, 6) is 2.76. The van der Waals surface area contributed by atoms with Crippen LogP contribution >= 0.6 is 24.0 Å². The van der Waals surface area contributed by atoms with Crippen LogP contribution in [0.15, 0.2) is 21.8 Å². The van der Waals surface area contributed by atoms with E-state index in [1.165, 1.54) is 38.5 Å². The van der Waals surface area contributed by atoms with Crippen molar-refractivity contribution in [2.24, 2.45) is 16.8 Å². The molecule has 0 aromatic carbocycles. The molecule has 0 radical (unpaired) electrons. The van der Waals surface area contributed by atoms with Gasteiger partial charge < -0.3 is 14.7 Å². The van der Waals surface area contributed by atoms with Crippen molar-refractivity contribution in [2.75, 3.05) is 14.1 Å². The van der Waals surface area contributed by atoms with Gasteiger partial charge in [0.1, 0.15) is 12.0 Å². The van der Waals surface area contributed by atoms with Crippen molar-refractivity contribution >= 4 is 29.9 Å². The van der Waals surface area contributed by atoms with Gasteiger partial charge in [-0.25, -0.2) is 0 Å². The maximum absolute atomic E-state index is 4.88. The van der Waals surface area contributed by atoms with Crippen LogP contribution in [0.4, 0.5) is 0 Å². The van der Waals surface area contributed by atoms with Gasteiger partial charge in [0.05, 0.1) is 6.54 Å². The Morgan fingerprint density at radius 2 is 2.18 bits per heavy atom. The monoisotopic (exact) mass is 418 g/mol. The molecule has 0 spiro atoms. The Balaban J connectivity index is 0.00000176. The van der Waals surface area contributed by atoms with Gasteiger partial charge in [-0.3, -0.25) is 4.99 Å². The number of aliphatic imine (C=N–C) groups is 1. The number of nitrogens with one attached hydrogen (secondary N) is 1. The van der Waals surface area contributed by atoms with E-state index in [0.29, 0.717) is 6.04 Å². The average molecular weight is 418 g/mol. The molecule has 1 aromatic rings. The Hall–Kier alpha value is -0.790. The van der Waals surface area contributed by atoms with Crippen LogP contribution in [0.5, 0.6) is 0 Å². The number of aromatic nitrogens is 1. The first kappa shape index (κ1) is 17.6. The zero-order valence-electron chi connectivity index (χ0n) is 13.5. The summed E-state index contributed by atoms with van der Waals surface area (Å²) in [7, 11) is 3.89. The molecule has 0 amide bonds. The number of halogens is 1. The van der Waals surface area contributed by atoms with Gasteiger partial charge in [0.15, 0.2) is 5.96 Å². The molecule has 1 N–H and O–H groups in total. The molecular formula is C16H27IN4O. The Morgan fingerprint density at radius 3 is 2.82 bits per heavy atom. The molecule has 2 atom stereocenters. The van der Waals surface area contributed by atoms with Crippen molar-refractivity contribution < 1.29 is 4.52 Å². The summed E-state index contributed by atoms with van der Waals surface area (Å²) in [5, 5.41) is 7.57. The number of rotatable bonds is 4. The minimum absolute atomic E-state index is 0. The average Bonchev–Trinajstić information content (AvgIpc) is 3.11. The van der Waals surface area contributed by atoms with Crippen LogP contribution in [0.1, 0.15) is 44.2 Å². The Bertz CT molecular complexity index is 471. The van der Waals surface area contributed by atoms with E-state index in [9.17, 15) is 0 Å². The minimum atomic E-state index is 0. The van der Waals surface area contributed by atoms with Gasteiger partial charge in [-0.15, -0.1) is 24.0 Å². The quantitative estimate of drug-likeness (QED) is 0.463. The van der Waals surface area contributed by atoms with E-state index in [1.54, 1.807) is 6.26 Å². The Kier molecular flexibility index (Phi) is 6.52. The van der Waals surface area contributed by atoms with Gasteiger partial charge in [0.25, 0.3) is 0 Å². The van der Waals surface area contributed by atoms with E-state index in [1.807, 2.05) is 20.2 Å². The number of guanidine groups is 1. The predicted octanol–water partition coefficient (Wildman–Crippen LogP) is 3.27. The summed E-state index contributed by atoms with van der Waals surface area (Å²) in [6, 6.07) is 2.51. The fourth-order valence-corrected chi connectivity index (χ4v) is 3.61. The third-order valence-electron chi connectivity index (χ3n) is 4.87. The Labute approximate surface area is 149 Å². The summed E-state index contributed by atoms with van der Waals surface area (Å²) in [4.78, 5) is 6.51. The normalized spacial score (nSPS) is 25.5. The van der Waals surface area contributed by atoms with Crippen LogP contribution in [0.25, 0.3) is 0 Å². The fraction of sp³-hybridized carbons (Fsp3) is 0.750. The lowest BCUT2D eigenvalue weighted by molar-refractivity contribution is 0.314. The second kappa shape index (κ2) is 8.17. The number of nitrogens with zero attached hydrogens (tertiary/aromatic N) is 3. The van der Waals surface area contributed by atoms with Gasteiger partial charge in [-0.2, -0.15) is 0 Å². The summed E-state index contributed by atoms with van der Waals surface area (Å²) < 4.78 is 4.88. The summed E-state index contributed by atoms with van der Waals surface area (Å²) in [6.45, 7) is 0.719. The molecule has 2 unspecified atom stereocenters. The van der Waals surface area contributed by atoms with E-state index in [-0.39, 0.29) is 24.0 Å². The van der Waals surface area contributed by atoms with E-state index in [0.717, 1.165) is 30.0 Å². The first-order valence-electron chi connectivity index (χ1n) is 8.11. The standard InChI is InChI=1S/C16H26N4O.HI/c1-17-16(20(2)11-13-8-9-21-19-13)18-15-10-14(15)12-6-4-3-5-7-12;/h8-9,12,14-15H,3-7,10-11H2,1-2H3,(H,17,18);1H. The van der Waals surface area contributed by atoms with E-state index >= 15 is 0 Å². The van der Waals surface area contributed by atoms with Crippen molar-refractivity contribution in [3.63, 3.8) is 0 Å². The minimum Gasteiger partial charge on any atom is -0.364 e. The van der Waals surface area contributed by atoms with Gasteiger partial charge >= 0.3 is 0 Å². The molecular weight excluding hydrogens is 391 g/mol. The lowest BCUT2D eigenvalue weighted by Gasteiger charge is -2.24. The molecule has 1 aromatic heterocycles. The van der Waals surface area contributed by atoms with Crippen molar-refractivity contribution in [1.29, 1.82) is 0 Å². The third kappa shape index (κ3) is 4.36. The molecule has 0 saturated heterocycles. The highest BCUT2D eigenvalue weighted by molar-refractivity contribution is 14.0. The second-order valence-electron chi connectivity index (χ2n) is 6.44.